The minimum atomic E-state index is 0.349. The van der Waals surface area contributed by atoms with Crippen molar-refractivity contribution in [2.45, 2.75) is 39.2 Å². The molecule has 0 radical (unpaired) electrons. The van der Waals surface area contributed by atoms with Crippen molar-refractivity contribution in [1.82, 2.24) is 24.8 Å². The number of aromatic nitrogens is 4. The first-order valence-electron chi connectivity index (χ1n) is 10.2. The van der Waals surface area contributed by atoms with Crippen molar-refractivity contribution < 1.29 is 0 Å². The number of hydrogen-bond donors (Lipinski definition) is 0. The molecule has 0 saturated carbocycles. The lowest BCUT2D eigenvalue weighted by Crippen LogP contribution is -2.47. The molecule has 146 valence electrons. The predicted molar refractivity (Wildman–Crippen MR) is 112 cm³/mol. The molecule has 28 heavy (non-hydrogen) atoms. The van der Waals surface area contributed by atoms with Gasteiger partial charge in [-0.1, -0.05) is 19.9 Å². The first-order valence-corrected chi connectivity index (χ1v) is 10.2. The zero-order chi connectivity index (χ0) is 19.5. The molecule has 0 amide bonds. The highest BCUT2D eigenvalue weighted by molar-refractivity contribution is 5.74. The summed E-state index contributed by atoms with van der Waals surface area (Å²) in [6.45, 7) is 10.6. The fourth-order valence-corrected chi connectivity index (χ4v) is 3.74. The minimum Gasteiger partial charge on any atom is -0.338 e. The van der Waals surface area contributed by atoms with Crippen LogP contribution in [-0.2, 0) is 0 Å². The van der Waals surface area contributed by atoms with E-state index < -0.39 is 0 Å². The molecule has 6 heteroatoms. The lowest BCUT2D eigenvalue weighted by molar-refractivity contribution is 0.198. The molecule has 0 N–H and O–H groups in total. The van der Waals surface area contributed by atoms with Gasteiger partial charge in [-0.25, -0.2) is 9.97 Å². The van der Waals surface area contributed by atoms with Crippen molar-refractivity contribution in [2.24, 2.45) is 0 Å². The summed E-state index contributed by atoms with van der Waals surface area (Å²) in [5, 5.41) is 0. The molecule has 1 aliphatic rings. The Bertz CT molecular complexity index is 918. The van der Waals surface area contributed by atoms with E-state index in [4.69, 9.17) is 0 Å². The number of rotatable bonds is 5. The van der Waals surface area contributed by atoms with Gasteiger partial charge in [0, 0.05) is 57.0 Å². The maximum atomic E-state index is 4.61. The average Bonchev–Trinajstić information content (AvgIpc) is 2.78. The summed E-state index contributed by atoms with van der Waals surface area (Å²) in [5.74, 6) is 1.36. The van der Waals surface area contributed by atoms with Crippen LogP contribution in [0, 0.1) is 0 Å². The summed E-state index contributed by atoms with van der Waals surface area (Å²) in [5.41, 5.74) is 4.41. The Morgan fingerprint density at radius 2 is 1.54 bits per heavy atom. The van der Waals surface area contributed by atoms with Gasteiger partial charge in [-0.15, -0.1) is 0 Å². The number of benzene rings is 1. The average molecular weight is 377 g/mol. The van der Waals surface area contributed by atoms with Crippen LogP contribution >= 0.6 is 0 Å². The summed E-state index contributed by atoms with van der Waals surface area (Å²) in [7, 11) is 0. The number of hydrogen-bond acceptors (Lipinski definition) is 6. The van der Waals surface area contributed by atoms with Crippen LogP contribution in [0.1, 0.15) is 50.3 Å². The topological polar surface area (TPSA) is 58.0 Å². The summed E-state index contributed by atoms with van der Waals surface area (Å²) in [6.07, 6.45) is 8.58. The molecule has 1 unspecified atom stereocenters. The second kappa shape index (κ2) is 8.19. The molecular formula is C22H28N6. The van der Waals surface area contributed by atoms with Gasteiger partial charge in [0.1, 0.15) is 0 Å². The predicted octanol–water partition coefficient (Wildman–Crippen LogP) is 3.82. The molecule has 6 nitrogen and oxygen atoms in total. The first kappa shape index (κ1) is 18.7. The maximum Gasteiger partial charge on any atom is 0.225 e. The summed E-state index contributed by atoms with van der Waals surface area (Å²) in [6, 6.07) is 6.75. The molecular weight excluding hydrogens is 348 g/mol. The van der Waals surface area contributed by atoms with E-state index in [2.05, 4.69) is 68.7 Å². The van der Waals surface area contributed by atoms with Gasteiger partial charge < -0.3 is 4.90 Å². The van der Waals surface area contributed by atoms with Crippen molar-refractivity contribution in [3.05, 3.63) is 54.1 Å². The van der Waals surface area contributed by atoms with Crippen molar-refractivity contribution in [3.8, 4) is 0 Å². The molecule has 1 saturated heterocycles. The van der Waals surface area contributed by atoms with Crippen LogP contribution in [-0.4, -0.2) is 51.0 Å². The molecule has 1 fully saturated rings. The fourth-order valence-electron chi connectivity index (χ4n) is 3.74. The molecule has 1 aliphatic heterocycles. The van der Waals surface area contributed by atoms with Gasteiger partial charge >= 0.3 is 0 Å². The summed E-state index contributed by atoms with van der Waals surface area (Å²) in [4.78, 5) is 22.8. The van der Waals surface area contributed by atoms with E-state index in [1.807, 2.05) is 12.4 Å². The molecule has 2 atom stereocenters. The Labute approximate surface area is 166 Å². The highest BCUT2D eigenvalue weighted by Crippen LogP contribution is 2.25. The standard InChI is InChI=1S/C22H28N6/c1-4-16(2)19-14-25-22(26-15-19)28-11-9-27(10-12-28)17(3)18-5-6-20-21(13-18)24-8-7-23-20/h5-8,13-17H,4,9-12H2,1-3H3/t16-,17?/m1/s1. The highest BCUT2D eigenvalue weighted by atomic mass is 15.3. The van der Waals surface area contributed by atoms with Gasteiger partial charge in [-0.3, -0.25) is 14.9 Å². The van der Waals surface area contributed by atoms with Crippen LogP contribution in [0.4, 0.5) is 5.95 Å². The van der Waals surface area contributed by atoms with E-state index in [1.165, 1.54) is 11.1 Å². The number of piperazine rings is 1. The summed E-state index contributed by atoms with van der Waals surface area (Å²) < 4.78 is 0. The van der Waals surface area contributed by atoms with E-state index in [0.717, 1.165) is 49.6 Å². The van der Waals surface area contributed by atoms with Crippen LogP contribution in [0.2, 0.25) is 0 Å². The van der Waals surface area contributed by atoms with Gasteiger partial charge in [0.15, 0.2) is 0 Å². The van der Waals surface area contributed by atoms with E-state index >= 15 is 0 Å². The molecule has 2 aromatic heterocycles. The van der Waals surface area contributed by atoms with E-state index in [1.54, 1.807) is 12.4 Å². The maximum absolute atomic E-state index is 4.61. The lowest BCUT2D eigenvalue weighted by Gasteiger charge is -2.38. The summed E-state index contributed by atoms with van der Waals surface area (Å²) >= 11 is 0. The number of fused-ring (bicyclic) bond motifs is 1. The van der Waals surface area contributed by atoms with Crippen LogP contribution in [0.15, 0.2) is 43.0 Å². The zero-order valence-electron chi connectivity index (χ0n) is 16.9. The fraction of sp³-hybridized carbons (Fsp3) is 0.455. The third-order valence-electron chi connectivity index (χ3n) is 5.96. The molecule has 1 aromatic carbocycles. The lowest BCUT2D eigenvalue weighted by atomic mass is 10.0. The first-order chi connectivity index (χ1) is 13.7. The molecule has 0 aliphatic carbocycles. The van der Waals surface area contributed by atoms with Crippen molar-refractivity contribution in [2.75, 3.05) is 31.1 Å². The van der Waals surface area contributed by atoms with Gasteiger partial charge in [-0.2, -0.15) is 0 Å². The Hall–Kier alpha value is -2.60. The molecule has 3 heterocycles. The quantitative estimate of drug-likeness (QED) is 0.675. The van der Waals surface area contributed by atoms with Crippen molar-refractivity contribution >= 4 is 17.0 Å². The second-order valence-corrected chi connectivity index (χ2v) is 7.63. The molecule has 4 rings (SSSR count). The second-order valence-electron chi connectivity index (χ2n) is 7.63. The zero-order valence-corrected chi connectivity index (χ0v) is 16.9. The van der Waals surface area contributed by atoms with E-state index in [0.29, 0.717) is 12.0 Å². The SMILES string of the molecule is CC[C@@H](C)c1cnc(N2CCN(C(C)c3ccc4nccnc4c3)CC2)nc1. The Morgan fingerprint density at radius 3 is 2.21 bits per heavy atom. The normalized spacial score (nSPS) is 17.6. The molecule has 3 aromatic rings. The van der Waals surface area contributed by atoms with Crippen LogP contribution in [0.5, 0.6) is 0 Å². The minimum absolute atomic E-state index is 0.349. The third kappa shape index (κ3) is 3.83. The number of anilines is 1. The Kier molecular flexibility index (Phi) is 5.48. The van der Waals surface area contributed by atoms with Crippen LogP contribution in [0.25, 0.3) is 11.0 Å². The van der Waals surface area contributed by atoms with Crippen molar-refractivity contribution in [1.29, 1.82) is 0 Å². The third-order valence-corrected chi connectivity index (χ3v) is 5.96. The Morgan fingerprint density at radius 1 is 0.857 bits per heavy atom. The molecule has 0 spiro atoms. The van der Waals surface area contributed by atoms with Gasteiger partial charge in [-0.05, 0) is 42.5 Å². The van der Waals surface area contributed by atoms with Gasteiger partial charge in [0.25, 0.3) is 0 Å². The van der Waals surface area contributed by atoms with E-state index in [9.17, 15) is 0 Å². The number of nitrogens with zero attached hydrogens (tertiary/aromatic N) is 6. The highest BCUT2D eigenvalue weighted by Gasteiger charge is 2.23. The largest absolute Gasteiger partial charge is 0.338 e. The van der Waals surface area contributed by atoms with Crippen LogP contribution in [0.3, 0.4) is 0 Å². The monoisotopic (exact) mass is 376 g/mol. The van der Waals surface area contributed by atoms with Crippen molar-refractivity contribution in [3.63, 3.8) is 0 Å². The molecule has 0 bridgehead atoms. The van der Waals surface area contributed by atoms with Crippen LogP contribution < -0.4 is 4.90 Å². The Balaban J connectivity index is 1.40. The van der Waals surface area contributed by atoms with E-state index in [-0.39, 0.29) is 0 Å². The van der Waals surface area contributed by atoms with Gasteiger partial charge in [0.2, 0.25) is 5.95 Å². The van der Waals surface area contributed by atoms with Gasteiger partial charge in [0.05, 0.1) is 11.0 Å². The smallest absolute Gasteiger partial charge is 0.225 e.